The molecule has 0 aliphatic carbocycles. The second-order valence-corrected chi connectivity index (χ2v) is 5.87. The summed E-state index contributed by atoms with van der Waals surface area (Å²) in [6.45, 7) is 0. The molecule has 0 spiro atoms. The van der Waals surface area contributed by atoms with Crippen molar-refractivity contribution >= 4 is 23.2 Å². The predicted octanol–water partition coefficient (Wildman–Crippen LogP) is 5.13. The first-order chi connectivity index (χ1) is 9.67. The van der Waals surface area contributed by atoms with Crippen LogP contribution in [0.25, 0.3) is 0 Å². The molecule has 2 aromatic carbocycles. The fourth-order valence-corrected chi connectivity index (χ4v) is 2.64. The molecule has 0 N–H and O–H groups in total. The van der Waals surface area contributed by atoms with Crippen LogP contribution in [0.5, 0.6) is 5.75 Å². The summed E-state index contributed by atoms with van der Waals surface area (Å²) >= 11 is 12.4. The maximum Gasteiger partial charge on any atom is 0.118 e. The molecule has 0 saturated carbocycles. The van der Waals surface area contributed by atoms with E-state index in [0.717, 1.165) is 30.0 Å². The third-order valence-electron chi connectivity index (χ3n) is 3.25. The van der Waals surface area contributed by atoms with E-state index in [9.17, 15) is 0 Å². The molecule has 0 radical (unpaired) electrons. The highest BCUT2D eigenvalue weighted by atomic mass is 35.5. The molecular weight excluding hydrogens is 291 g/mol. The number of methoxy groups -OCH3 is 1. The van der Waals surface area contributed by atoms with Crippen LogP contribution in [0.3, 0.4) is 0 Å². The van der Waals surface area contributed by atoms with Crippen LogP contribution in [-0.2, 0) is 12.8 Å². The molecular formula is C17H18Cl2O. The Morgan fingerprint density at radius 1 is 1.05 bits per heavy atom. The van der Waals surface area contributed by atoms with Crippen molar-refractivity contribution in [1.29, 1.82) is 0 Å². The zero-order valence-electron chi connectivity index (χ0n) is 11.5. The monoisotopic (exact) mass is 308 g/mol. The Morgan fingerprint density at radius 2 is 1.80 bits per heavy atom. The van der Waals surface area contributed by atoms with Crippen LogP contribution in [0.1, 0.15) is 17.5 Å². The predicted molar refractivity (Wildman–Crippen MR) is 86.1 cm³/mol. The van der Waals surface area contributed by atoms with Crippen molar-refractivity contribution in [3.8, 4) is 5.75 Å². The van der Waals surface area contributed by atoms with E-state index in [1.54, 1.807) is 7.11 Å². The van der Waals surface area contributed by atoms with Crippen molar-refractivity contribution in [1.82, 2.24) is 0 Å². The quantitative estimate of drug-likeness (QED) is 0.672. The molecule has 2 aromatic rings. The van der Waals surface area contributed by atoms with E-state index in [2.05, 4.69) is 18.2 Å². The van der Waals surface area contributed by atoms with Crippen molar-refractivity contribution in [2.75, 3.05) is 7.11 Å². The fraction of sp³-hybridized carbons (Fsp3) is 0.294. The van der Waals surface area contributed by atoms with Gasteiger partial charge < -0.3 is 4.74 Å². The summed E-state index contributed by atoms with van der Waals surface area (Å²) in [4.78, 5) is 0. The lowest BCUT2D eigenvalue weighted by Gasteiger charge is -2.10. The average Bonchev–Trinajstić information content (AvgIpc) is 2.46. The minimum Gasteiger partial charge on any atom is -0.497 e. The van der Waals surface area contributed by atoms with Crippen molar-refractivity contribution in [3.05, 3.63) is 64.7 Å². The van der Waals surface area contributed by atoms with Gasteiger partial charge in [0, 0.05) is 10.4 Å². The van der Waals surface area contributed by atoms with Crippen LogP contribution < -0.4 is 4.74 Å². The van der Waals surface area contributed by atoms with E-state index in [1.807, 2.05) is 30.3 Å². The summed E-state index contributed by atoms with van der Waals surface area (Å²) in [6.07, 6.45) is 2.76. The average molecular weight is 309 g/mol. The van der Waals surface area contributed by atoms with Crippen molar-refractivity contribution in [2.24, 2.45) is 0 Å². The normalized spacial score (nSPS) is 12.2. The highest BCUT2D eigenvalue weighted by Gasteiger charge is 2.07. The number of hydrogen-bond acceptors (Lipinski definition) is 1. The van der Waals surface area contributed by atoms with E-state index in [4.69, 9.17) is 27.9 Å². The van der Waals surface area contributed by atoms with Crippen molar-refractivity contribution in [3.63, 3.8) is 0 Å². The number of ether oxygens (including phenoxy) is 1. The fourth-order valence-electron chi connectivity index (χ4n) is 2.14. The highest BCUT2D eigenvalue weighted by Crippen LogP contribution is 2.18. The van der Waals surface area contributed by atoms with Gasteiger partial charge in [0.1, 0.15) is 5.75 Å². The third-order valence-corrected chi connectivity index (χ3v) is 3.86. The van der Waals surface area contributed by atoms with Gasteiger partial charge in [-0.2, -0.15) is 0 Å². The molecule has 20 heavy (non-hydrogen) atoms. The molecule has 1 nitrogen and oxygen atoms in total. The molecule has 0 aromatic heterocycles. The molecule has 3 heteroatoms. The molecule has 0 bridgehead atoms. The van der Waals surface area contributed by atoms with E-state index in [1.165, 1.54) is 11.1 Å². The van der Waals surface area contributed by atoms with Crippen LogP contribution in [-0.4, -0.2) is 12.5 Å². The van der Waals surface area contributed by atoms with Gasteiger partial charge in [0.05, 0.1) is 7.11 Å². The minimum atomic E-state index is 0.121. The van der Waals surface area contributed by atoms with Gasteiger partial charge in [-0.15, -0.1) is 11.6 Å². The maximum absolute atomic E-state index is 6.41. The molecule has 1 unspecified atom stereocenters. The Labute approximate surface area is 130 Å². The number of aryl methyl sites for hydroxylation is 1. The molecule has 0 heterocycles. The first-order valence-corrected chi connectivity index (χ1v) is 7.50. The standard InChI is InChI=1S/C17H18Cl2O/c1-20-17-9-6-13(7-10-17)5-8-16(19)12-14-3-2-4-15(18)11-14/h2-4,6-7,9-11,16H,5,8,12H2,1H3. The number of rotatable bonds is 6. The van der Waals surface area contributed by atoms with E-state index in [-0.39, 0.29) is 5.38 Å². The van der Waals surface area contributed by atoms with E-state index in [0.29, 0.717) is 0 Å². The topological polar surface area (TPSA) is 9.23 Å². The number of alkyl halides is 1. The smallest absolute Gasteiger partial charge is 0.118 e. The number of hydrogen-bond donors (Lipinski definition) is 0. The Hall–Kier alpha value is -1.18. The first kappa shape index (κ1) is 15.2. The number of benzene rings is 2. The SMILES string of the molecule is COc1ccc(CCC(Cl)Cc2cccc(Cl)c2)cc1. The summed E-state index contributed by atoms with van der Waals surface area (Å²) in [6, 6.07) is 16.0. The third kappa shape index (κ3) is 4.73. The Balaban J connectivity index is 1.83. The van der Waals surface area contributed by atoms with E-state index < -0.39 is 0 Å². The van der Waals surface area contributed by atoms with Gasteiger partial charge in [-0.1, -0.05) is 35.9 Å². The van der Waals surface area contributed by atoms with Crippen LogP contribution >= 0.6 is 23.2 Å². The van der Waals surface area contributed by atoms with Gasteiger partial charge in [0.2, 0.25) is 0 Å². The lowest BCUT2D eigenvalue weighted by atomic mass is 10.0. The Bertz CT molecular complexity index is 537. The van der Waals surface area contributed by atoms with Crippen LogP contribution in [0.15, 0.2) is 48.5 Å². The van der Waals surface area contributed by atoms with E-state index >= 15 is 0 Å². The van der Waals surface area contributed by atoms with Gasteiger partial charge in [-0.3, -0.25) is 0 Å². The summed E-state index contributed by atoms with van der Waals surface area (Å²) in [5.74, 6) is 0.884. The highest BCUT2D eigenvalue weighted by molar-refractivity contribution is 6.30. The number of halogens is 2. The van der Waals surface area contributed by atoms with Crippen LogP contribution in [0, 0.1) is 0 Å². The summed E-state index contributed by atoms with van der Waals surface area (Å²) in [7, 11) is 1.68. The summed E-state index contributed by atoms with van der Waals surface area (Å²) in [5, 5.41) is 0.886. The van der Waals surface area contributed by atoms with Gasteiger partial charge in [0.25, 0.3) is 0 Å². The lowest BCUT2D eigenvalue weighted by Crippen LogP contribution is -2.05. The molecule has 0 aliphatic heterocycles. The molecule has 0 fully saturated rings. The van der Waals surface area contributed by atoms with Crippen LogP contribution in [0.2, 0.25) is 5.02 Å². The lowest BCUT2D eigenvalue weighted by molar-refractivity contribution is 0.414. The van der Waals surface area contributed by atoms with Crippen molar-refractivity contribution in [2.45, 2.75) is 24.6 Å². The second-order valence-electron chi connectivity index (χ2n) is 4.82. The maximum atomic E-state index is 6.41. The van der Waals surface area contributed by atoms with Gasteiger partial charge in [-0.05, 0) is 54.7 Å². The Kier molecular flexibility index (Phi) is 5.75. The minimum absolute atomic E-state index is 0.121. The molecule has 0 amide bonds. The van der Waals surface area contributed by atoms with Gasteiger partial charge in [-0.25, -0.2) is 0 Å². The molecule has 2 rings (SSSR count). The zero-order chi connectivity index (χ0) is 14.4. The van der Waals surface area contributed by atoms with Crippen molar-refractivity contribution < 1.29 is 4.74 Å². The van der Waals surface area contributed by atoms with Gasteiger partial charge >= 0.3 is 0 Å². The first-order valence-electron chi connectivity index (χ1n) is 6.69. The molecule has 106 valence electrons. The largest absolute Gasteiger partial charge is 0.497 e. The molecule has 0 saturated heterocycles. The summed E-state index contributed by atoms with van der Waals surface area (Å²) < 4.78 is 5.15. The van der Waals surface area contributed by atoms with Gasteiger partial charge in [0.15, 0.2) is 0 Å². The zero-order valence-corrected chi connectivity index (χ0v) is 13.0. The summed E-state index contributed by atoms with van der Waals surface area (Å²) in [5.41, 5.74) is 2.47. The Morgan fingerprint density at radius 3 is 2.45 bits per heavy atom. The second kappa shape index (κ2) is 7.56. The molecule has 0 aliphatic rings. The molecule has 1 atom stereocenters. The van der Waals surface area contributed by atoms with Crippen LogP contribution in [0.4, 0.5) is 0 Å².